The summed E-state index contributed by atoms with van der Waals surface area (Å²) in [4.78, 5) is 16.8. The number of fused-ring (bicyclic) bond motifs is 2. The fraction of sp³-hybridized carbons (Fsp3) is 0.0455. The van der Waals surface area contributed by atoms with Crippen molar-refractivity contribution in [1.29, 1.82) is 5.26 Å². The summed E-state index contributed by atoms with van der Waals surface area (Å²) in [5.41, 5.74) is 1.97. The summed E-state index contributed by atoms with van der Waals surface area (Å²) in [6.07, 6.45) is 1.57. The van der Waals surface area contributed by atoms with Crippen LogP contribution < -0.4 is 20.4 Å². The first-order valence-electron chi connectivity index (χ1n) is 8.97. The lowest BCUT2D eigenvalue weighted by Gasteiger charge is -2.03. The molecule has 30 heavy (non-hydrogen) atoms. The third kappa shape index (κ3) is 3.27. The van der Waals surface area contributed by atoms with Crippen LogP contribution in [0, 0.1) is 11.3 Å². The first-order valence-corrected chi connectivity index (χ1v) is 9.85. The van der Waals surface area contributed by atoms with Crippen LogP contribution in [0.2, 0.25) is 0 Å². The van der Waals surface area contributed by atoms with E-state index in [4.69, 9.17) is 13.9 Å². The fourth-order valence-corrected chi connectivity index (χ4v) is 3.83. The number of hydrogen-bond acceptors (Lipinski definition) is 8. The molecule has 0 spiro atoms. The Morgan fingerprint density at radius 1 is 1.17 bits per heavy atom. The highest BCUT2D eigenvalue weighted by molar-refractivity contribution is 7.11. The third-order valence-corrected chi connectivity index (χ3v) is 5.40. The standard InChI is InChI=1S/C22H13N3O4S/c23-9-14(10-24-15-5-6-19-20(8-15)28-12-27-19)21-25-17(11-30-21)16-7-13-3-1-2-4-18(13)29-22(16)26/h1-8,10-11,24H,12H2/b14-10-. The highest BCUT2D eigenvalue weighted by Gasteiger charge is 2.15. The molecule has 0 saturated heterocycles. The van der Waals surface area contributed by atoms with Crippen LogP contribution in [0.25, 0.3) is 27.8 Å². The molecule has 2 aromatic carbocycles. The van der Waals surface area contributed by atoms with Crippen LogP contribution in [-0.4, -0.2) is 11.8 Å². The van der Waals surface area contributed by atoms with Gasteiger partial charge in [-0.15, -0.1) is 11.3 Å². The number of hydrogen-bond donors (Lipinski definition) is 1. The Balaban J connectivity index is 1.44. The van der Waals surface area contributed by atoms with E-state index in [0.717, 1.165) is 11.1 Å². The minimum absolute atomic E-state index is 0.197. The molecule has 0 amide bonds. The van der Waals surface area contributed by atoms with Gasteiger partial charge in [0, 0.05) is 28.7 Å². The predicted octanol–water partition coefficient (Wildman–Crippen LogP) is 4.62. The molecule has 0 fully saturated rings. The van der Waals surface area contributed by atoms with Crippen molar-refractivity contribution < 1.29 is 13.9 Å². The second-order valence-corrected chi connectivity index (χ2v) is 7.26. The lowest BCUT2D eigenvalue weighted by molar-refractivity contribution is 0.174. The van der Waals surface area contributed by atoms with Crippen molar-refractivity contribution >= 4 is 33.6 Å². The number of aromatic nitrogens is 1. The van der Waals surface area contributed by atoms with Gasteiger partial charge in [0.2, 0.25) is 6.79 Å². The number of anilines is 1. The average Bonchev–Trinajstić information content (AvgIpc) is 3.43. The van der Waals surface area contributed by atoms with Crippen LogP contribution >= 0.6 is 11.3 Å². The minimum atomic E-state index is -0.466. The van der Waals surface area contributed by atoms with E-state index >= 15 is 0 Å². The van der Waals surface area contributed by atoms with Crippen LogP contribution in [0.4, 0.5) is 5.69 Å². The third-order valence-electron chi connectivity index (χ3n) is 4.53. The number of nitriles is 1. The van der Waals surface area contributed by atoms with Gasteiger partial charge in [-0.05, 0) is 24.3 Å². The van der Waals surface area contributed by atoms with Gasteiger partial charge in [-0.3, -0.25) is 0 Å². The number of rotatable bonds is 4. The Kier molecular flexibility index (Phi) is 4.42. The molecule has 1 aliphatic heterocycles. The molecule has 3 heterocycles. The van der Waals surface area contributed by atoms with E-state index in [1.54, 1.807) is 35.8 Å². The molecular formula is C22H13N3O4S. The van der Waals surface area contributed by atoms with Crippen molar-refractivity contribution in [1.82, 2.24) is 4.98 Å². The molecule has 2 aromatic heterocycles. The van der Waals surface area contributed by atoms with Gasteiger partial charge < -0.3 is 19.2 Å². The molecule has 146 valence electrons. The molecule has 0 aliphatic carbocycles. The zero-order valence-electron chi connectivity index (χ0n) is 15.4. The smallest absolute Gasteiger partial charge is 0.345 e. The van der Waals surface area contributed by atoms with Gasteiger partial charge in [0.05, 0.1) is 11.3 Å². The monoisotopic (exact) mass is 415 g/mol. The first-order chi connectivity index (χ1) is 14.7. The van der Waals surface area contributed by atoms with E-state index in [9.17, 15) is 10.1 Å². The number of nitrogens with one attached hydrogen (secondary N) is 1. The Morgan fingerprint density at radius 2 is 2.03 bits per heavy atom. The number of thiazole rings is 1. The highest BCUT2D eigenvalue weighted by atomic mass is 32.1. The lowest BCUT2D eigenvalue weighted by atomic mass is 10.1. The van der Waals surface area contributed by atoms with Crippen molar-refractivity contribution in [2.24, 2.45) is 0 Å². The van der Waals surface area contributed by atoms with Gasteiger partial charge in [-0.25, -0.2) is 9.78 Å². The summed E-state index contributed by atoms with van der Waals surface area (Å²) in [5.74, 6) is 1.33. The summed E-state index contributed by atoms with van der Waals surface area (Å²) in [6.45, 7) is 0.197. The van der Waals surface area contributed by atoms with Crippen molar-refractivity contribution in [2.45, 2.75) is 0 Å². The summed E-state index contributed by atoms with van der Waals surface area (Å²) in [5, 5.41) is 15.7. The SMILES string of the molecule is N#C/C(=C/Nc1ccc2c(c1)OCO2)c1nc(-c2cc3ccccc3oc2=O)cs1. The molecule has 1 aliphatic rings. The molecule has 0 atom stereocenters. The lowest BCUT2D eigenvalue weighted by Crippen LogP contribution is -2.02. The molecular weight excluding hydrogens is 402 g/mol. The molecule has 1 N–H and O–H groups in total. The van der Waals surface area contributed by atoms with Gasteiger partial charge >= 0.3 is 5.63 Å². The quantitative estimate of drug-likeness (QED) is 0.384. The Labute approximate surface area is 174 Å². The molecule has 8 heteroatoms. The van der Waals surface area contributed by atoms with Crippen LogP contribution in [0.1, 0.15) is 5.01 Å². The molecule has 0 saturated carbocycles. The summed E-state index contributed by atoms with van der Waals surface area (Å²) in [7, 11) is 0. The fourth-order valence-electron chi connectivity index (χ4n) is 3.05. The van der Waals surface area contributed by atoms with E-state index in [-0.39, 0.29) is 6.79 Å². The Hall–Kier alpha value is -4.09. The van der Waals surface area contributed by atoms with Crippen LogP contribution in [-0.2, 0) is 0 Å². The van der Waals surface area contributed by atoms with Crippen LogP contribution in [0.3, 0.4) is 0 Å². The highest BCUT2D eigenvalue weighted by Crippen LogP contribution is 2.34. The van der Waals surface area contributed by atoms with Crippen LogP contribution in [0.15, 0.2) is 69.3 Å². The molecule has 4 aromatic rings. The Bertz CT molecular complexity index is 1400. The number of ether oxygens (including phenoxy) is 2. The zero-order chi connectivity index (χ0) is 20.5. The zero-order valence-corrected chi connectivity index (χ0v) is 16.2. The predicted molar refractivity (Wildman–Crippen MR) is 113 cm³/mol. The molecule has 0 radical (unpaired) electrons. The molecule has 0 unspecified atom stereocenters. The molecule has 7 nitrogen and oxygen atoms in total. The van der Waals surface area contributed by atoms with Crippen molar-refractivity contribution in [2.75, 3.05) is 12.1 Å². The minimum Gasteiger partial charge on any atom is -0.454 e. The van der Waals surface area contributed by atoms with Gasteiger partial charge in [-0.1, -0.05) is 18.2 Å². The second-order valence-electron chi connectivity index (χ2n) is 6.41. The number of allylic oxidation sites excluding steroid dienone is 1. The van der Waals surface area contributed by atoms with E-state index in [1.807, 2.05) is 24.3 Å². The summed E-state index contributed by atoms with van der Waals surface area (Å²) >= 11 is 1.28. The van der Waals surface area contributed by atoms with Gasteiger partial charge in [0.1, 0.15) is 22.2 Å². The van der Waals surface area contributed by atoms with Gasteiger partial charge in [0.25, 0.3) is 0 Å². The van der Waals surface area contributed by atoms with E-state index in [0.29, 0.717) is 38.9 Å². The average molecular weight is 415 g/mol. The van der Waals surface area contributed by atoms with Gasteiger partial charge in [-0.2, -0.15) is 5.26 Å². The number of para-hydroxylation sites is 1. The maximum absolute atomic E-state index is 12.4. The van der Waals surface area contributed by atoms with E-state index in [2.05, 4.69) is 16.4 Å². The largest absolute Gasteiger partial charge is 0.454 e. The van der Waals surface area contributed by atoms with Crippen molar-refractivity contribution in [3.05, 3.63) is 75.5 Å². The van der Waals surface area contributed by atoms with E-state index < -0.39 is 5.63 Å². The topological polar surface area (TPSA) is 97.4 Å². The summed E-state index contributed by atoms with van der Waals surface area (Å²) in [6, 6.07) is 16.6. The molecule has 5 rings (SSSR count). The number of nitrogens with zero attached hydrogens (tertiary/aromatic N) is 2. The maximum atomic E-state index is 12.4. The maximum Gasteiger partial charge on any atom is 0.345 e. The van der Waals surface area contributed by atoms with E-state index in [1.165, 1.54) is 11.3 Å². The first kappa shape index (κ1) is 18.0. The van der Waals surface area contributed by atoms with Gasteiger partial charge in [0.15, 0.2) is 11.5 Å². The summed E-state index contributed by atoms with van der Waals surface area (Å²) < 4.78 is 16.0. The second kappa shape index (κ2) is 7.39. The molecule has 0 bridgehead atoms. The number of benzene rings is 2. The van der Waals surface area contributed by atoms with Crippen LogP contribution in [0.5, 0.6) is 11.5 Å². The Morgan fingerprint density at radius 3 is 2.93 bits per heavy atom. The van der Waals surface area contributed by atoms with Crippen molar-refractivity contribution in [3.8, 4) is 28.8 Å². The normalized spacial score (nSPS) is 12.7. The van der Waals surface area contributed by atoms with Crippen molar-refractivity contribution in [3.63, 3.8) is 0 Å².